The first-order valence-electron chi connectivity index (χ1n) is 11.1. The third kappa shape index (κ3) is 6.81. The molecule has 0 saturated heterocycles. The summed E-state index contributed by atoms with van der Waals surface area (Å²) >= 11 is 0. The van der Waals surface area contributed by atoms with Crippen molar-refractivity contribution in [3.05, 3.63) is 83.9 Å². The van der Waals surface area contributed by atoms with Crippen LogP contribution in [0.15, 0.2) is 72.8 Å². The summed E-state index contributed by atoms with van der Waals surface area (Å²) in [7, 11) is 0. The van der Waals surface area contributed by atoms with Crippen LogP contribution < -0.4 is 10.6 Å². The molecule has 3 aromatic rings. The van der Waals surface area contributed by atoms with E-state index in [2.05, 4.69) is 41.8 Å². The number of aliphatic hydroxyl groups excluding tert-OH is 1. The highest BCUT2D eigenvalue weighted by Crippen LogP contribution is 2.24. The normalized spacial score (nSPS) is 14.5. The number of hydrogen-bond donors (Lipinski definition) is 3. The maximum atomic E-state index is 12.4. The molecule has 0 saturated carbocycles. The van der Waals surface area contributed by atoms with E-state index in [1.165, 1.54) is 16.3 Å². The summed E-state index contributed by atoms with van der Waals surface area (Å²) in [5.41, 5.74) is 1.75. The molecule has 0 aliphatic rings. The second-order valence-corrected chi connectivity index (χ2v) is 9.27. The second-order valence-electron chi connectivity index (χ2n) is 9.27. The maximum absolute atomic E-state index is 12.4. The highest BCUT2D eigenvalue weighted by molar-refractivity contribution is 5.86. The highest BCUT2D eigenvalue weighted by Gasteiger charge is 2.26. The van der Waals surface area contributed by atoms with Crippen molar-refractivity contribution in [2.75, 3.05) is 6.54 Å². The van der Waals surface area contributed by atoms with Gasteiger partial charge in [-0.15, -0.1) is 0 Å². The van der Waals surface area contributed by atoms with Gasteiger partial charge < -0.3 is 20.5 Å². The Kier molecular flexibility index (Phi) is 7.89. The summed E-state index contributed by atoms with van der Waals surface area (Å²) < 4.78 is 5.66. The van der Waals surface area contributed by atoms with E-state index in [0.717, 1.165) is 5.56 Å². The molecule has 3 N–H and O–H groups in total. The molecule has 0 radical (unpaired) electrons. The number of carbonyl (C=O) groups is 1. The van der Waals surface area contributed by atoms with E-state index < -0.39 is 23.8 Å². The van der Waals surface area contributed by atoms with Crippen LogP contribution in [0, 0.1) is 0 Å². The molecule has 0 aliphatic heterocycles. The van der Waals surface area contributed by atoms with Gasteiger partial charge in [-0.1, -0.05) is 72.8 Å². The van der Waals surface area contributed by atoms with Crippen LogP contribution in [0.4, 0.5) is 4.79 Å². The molecule has 5 heteroatoms. The Morgan fingerprint density at radius 3 is 2.34 bits per heavy atom. The largest absolute Gasteiger partial charge is 0.443 e. The van der Waals surface area contributed by atoms with E-state index in [-0.39, 0.29) is 6.04 Å². The molecule has 3 atom stereocenters. The van der Waals surface area contributed by atoms with Gasteiger partial charge in [-0.3, -0.25) is 0 Å². The Labute approximate surface area is 190 Å². The first kappa shape index (κ1) is 23.8. The molecule has 3 aromatic carbocycles. The number of nitrogens with one attached hydrogen (secondary N) is 2. The zero-order valence-corrected chi connectivity index (χ0v) is 19.3. The van der Waals surface area contributed by atoms with E-state index in [9.17, 15) is 9.90 Å². The number of alkyl carbamates (subject to hydrolysis) is 1. The van der Waals surface area contributed by atoms with Gasteiger partial charge in [-0.2, -0.15) is 0 Å². The molecule has 1 amide bonds. The van der Waals surface area contributed by atoms with Gasteiger partial charge in [0.15, 0.2) is 0 Å². The molecule has 0 aliphatic carbocycles. The molecular formula is C27H34N2O3. The summed E-state index contributed by atoms with van der Waals surface area (Å²) in [4.78, 5) is 12.4. The average Bonchev–Trinajstić information content (AvgIpc) is 2.76. The molecule has 0 bridgehead atoms. The highest BCUT2D eigenvalue weighted by atomic mass is 16.6. The van der Waals surface area contributed by atoms with Crippen LogP contribution in [0.5, 0.6) is 0 Å². The van der Waals surface area contributed by atoms with Crippen molar-refractivity contribution in [1.29, 1.82) is 0 Å². The van der Waals surface area contributed by atoms with Crippen molar-refractivity contribution < 1.29 is 14.6 Å². The summed E-state index contributed by atoms with van der Waals surface area (Å²) in [6, 6.07) is 24.3. The minimum atomic E-state index is -0.863. The molecule has 2 unspecified atom stereocenters. The lowest BCUT2D eigenvalue weighted by molar-refractivity contribution is 0.000638. The maximum Gasteiger partial charge on any atom is 0.407 e. The molecule has 0 heterocycles. The van der Waals surface area contributed by atoms with Gasteiger partial charge in [0.25, 0.3) is 0 Å². The lowest BCUT2D eigenvalue weighted by Crippen LogP contribution is -2.46. The molecular weight excluding hydrogens is 400 g/mol. The summed E-state index contributed by atoms with van der Waals surface area (Å²) in [6.45, 7) is 8.05. The Bertz CT molecular complexity index is 1010. The number of carbonyl (C=O) groups excluding carboxylic acids is 1. The number of benzene rings is 3. The Morgan fingerprint density at radius 1 is 0.969 bits per heavy atom. The van der Waals surface area contributed by atoms with Gasteiger partial charge in [0.1, 0.15) is 12.2 Å². The standard InChI is InChI=1S/C27H34N2O3/c1-19(22-16-10-14-21-13-8-9-15-23(21)22)28-18-24(30)25(17-20-11-6-5-7-12-20)32-26(31)29-27(2,3)4/h5-16,19,24-25,28,30H,17-18H2,1-4H3,(H,29,31)/t19-,24?,25?/m0/s1. The number of ether oxygens (including phenoxy) is 1. The predicted octanol–water partition coefficient (Wildman–Crippen LogP) is 4.99. The third-order valence-electron chi connectivity index (χ3n) is 5.37. The number of aliphatic hydroxyl groups is 1. The quantitative estimate of drug-likeness (QED) is 0.467. The Balaban J connectivity index is 1.69. The van der Waals surface area contributed by atoms with Crippen molar-refractivity contribution in [1.82, 2.24) is 10.6 Å². The topological polar surface area (TPSA) is 70.6 Å². The first-order chi connectivity index (χ1) is 15.2. The van der Waals surface area contributed by atoms with Crippen molar-refractivity contribution in [2.24, 2.45) is 0 Å². The SMILES string of the molecule is C[C@H](NCC(O)C(Cc1ccccc1)OC(=O)NC(C)(C)C)c1cccc2ccccc12. The summed E-state index contributed by atoms with van der Waals surface area (Å²) in [6.07, 6.45) is -1.63. The van der Waals surface area contributed by atoms with Crippen LogP contribution in [0.3, 0.4) is 0 Å². The van der Waals surface area contributed by atoms with Crippen molar-refractivity contribution in [3.63, 3.8) is 0 Å². The predicted molar refractivity (Wildman–Crippen MR) is 130 cm³/mol. The third-order valence-corrected chi connectivity index (χ3v) is 5.37. The van der Waals surface area contributed by atoms with E-state index in [1.807, 2.05) is 69.3 Å². The van der Waals surface area contributed by atoms with Crippen LogP contribution in [-0.4, -0.2) is 35.5 Å². The van der Waals surface area contributed by atoms with Crippen LogP contribution >= 0.6 is 0 Å². The average molecular weight is 435 g/mol. The van der Waals surface area contributed by atoms with Crippen molar-refractivity contribution in [2.45, 2.75) is 57.9 Å². The summed E-state index contributed by atoms with van der Waals surface area (Å²) in [5.74, 6) is 0. The molecule has 170 valence electrons. The molecule has 0 fully saturated rings. The lowest BCUT2D eigenvalue weighted by Gasteiger charge is -2.28. The van der Waals surface area contributed by atoms with Gasteiger partial charge in [-0.05, 0) is 49.6 Å². The summed E-state index contributed by atoms with van der Waals surface area (Å²) in [5, 5.41) is 19.6. The minimum absolute atomic E-state index is 0.0246. The molecule has 5 nitrogen and oxygen atoms in total. The van der Waals surface area contributed by atoms with Gasteiger partial charge in [0.2, 0.25) is 0 Å². The lowest BCUT2D eigenvalue weighted by atomic mass is 9.99. The van der Waals surface area contributed by atoms with Crippen LogP contribution in [-0.2, 0) is 11.2 Å². The van der Waals surface area contributed by atoms with Crippen molar-refractivity contribution >= 4 is 16.9 Å². The minimum Gasteiger partial charge on any atom is -0.443 e. The van der Waals surface area contributed by atoms with Crippen LogP contribution in [0.25, 0.3) is 10.8 Å². The number of fused-ring (bicyclic) bond motifs is 1. The van der Waals surface area contributed by atoms with Gasteiger partial charge in [-0.25, -0.2) is 4.79 Å². The van der Waals surface area contributed by atoms with E-state index in [1.54, 1.807) is 0 Å². The molecule has 0 aromatic heterocycles. The molecule has 32 heavy (non-hydrogen) atoms. The fraction of sp³-hybridized carbons (Fsp3) is 0.370. The van der Waals surface area contributed by atoms with Crippen LogP contribution in [0.2, 0.25) is 0 Å². The molecule has 3 rings (SSSR count). The number of amides is 1. The van der Waals surface area contributed by atoms with E-state index in [0.29, 0.717) is 13.0 Å². The van der Waals surface area contributed by atoms with E-state index in [4.69, 9.17) is 4.74 Å². The smallest absolute Gasteiger partial charge is 0.407 e. The van der Waals surface area contributed by atoms with Crippen LogP contribution in [0.1, 0.15) is 44.9 Å². The first-order valence-corrected chi connectivity index (χ1v) is 11.1. The monoisotopic (exact) mass is 434 g/mol. The fourth-order valence-corrected chi connectivity index (χ4v) is 3.74. The Hall–Kier alpha value is -2.89. The van der Waals surface area contributed by atoms with Crippen molar-refractivity contribution in [3.8, 4) is 0 Å². The van der Waals surface area contributed by atoms with Gasteiger partial charge >= 0.3 is 6.09 Å². The second kappa shape index (κ2) is 10.6. The zero-order chi connectivity index (χ0) is 23.1. The van der Waals surface area contributed by atoms with E-state index >= 15 is 0 Å². The number of hydrogen-bond acceptors (Lipinski definition) is 4. The number of rotatable bonds is 8. The Morgan fingerprint density at radius 2 is 1.62 bits per heavy atom. The van der Waals surface area contributed by atoms with Gasteiger partial charge in [0, 0.05) is 24.5 Å². The van der Waals surface area contributed by atoms with Gasteiger partial charge in [0.05, 0.1) is 0 Å². The molecule has 0 spiro atoms. The fourth-order valence-electron chi connectivity index (χ4n) is 3.74. The zero-order valence-electron chi connectivity index (χ0n) is 19.3.